The number of hydrogen-bond donors (Lipinski definition) is 3. The molecule has 9 heteroatoms. The van der Waals surface area contributed by atoms with Gasteiger partial charge in [0.25, 0.3) is 0 Å². The van der Waals surface area contributed by atoms with Gasteiger partial charge in [0.15, 0.2) is 0 Å². The highest BCUT2D eigenvalue weighted by molar-refractivity contribution is 5.93. The first-order valence-corrected chi connectivity index (χ1v) is 8.20. The number of carboxylic acids is 1. The average molecular weight is 340 g/mol. The van der Waals surface area contributed by atoms with Crippen molar-refractivity contribution in [1.82, 2.24) is 15.1 Å². The van der Waals surface area contributed by atoms with Gasteiger partial charge < -0.3 is 26.0 Å². The third kappa shape index (κ3) is 3.66. The van der Waals surface area contributed by atoms with Crippen LogP contribution in [0.2, 0.25) is 0 Å². The van der Waals surface area contributed by atoms with E-state index in [0.29, 0.717) is 38.8 Å². The molecule has 3 atom stereocenters. The van der Waals surface area contributed by atoms with Crippen LogP contribution in [0.3, 0.4) is 0 Å². The lowest BCUT2D eigenvalue weighted by molar-refractivity contribution is -0.149. The molecule has 0 bridgehead atoms. The van der Waals surface area contributed by atoms with Gasteiger partial charge >= 0.3 is 5.97 Å². The number of nitrogens with one attached hydrogen (secondary N) is 1. The van der Waals surface area contributed by atoms with E-state index in [1.165, 1.54) is 16.7 Å². The number of nitrogens with two attached hydrogens (primary N) is 1. The lowest BCUT2D eigenvalue weighted by atomic mass is 10.1. The van der Waals surface area contributed by atoms with Crippen LogP contribution in [0.15, 0.2) is 0 Å². The first-order valence-electron chi connectivity index (χ1n) is 8.20. The highest BCUT2D eigenvalue weighted by Crippen LogP contribution is 2.20. The summed E-state index contributed by atoms with van der Waals surface area (Å²) in [5.41, 5.74) is 5.35. The van der Waals surface area contributed by atoms with Gasteiger partial charge in [0.05, 0.1) is 6.54 Å². The molecule has 4 N–H and O–H groups in total. The molecule has 0 aliphatic carbocycles. The maximum atomic E-state index is 12.4. The number of aliphatic carboxylic acids is 1. The molecule has 0 spiro atoms. The molecule has 0 radical (unpaired) electrons. The Morgan fingerprint density at radius 2 is 1.71 bits per heavy atom. The molecule has 2 rings (SSSR count). The summed E-state index contributed by atoms with van der Waals surface area (Å²) in [5, 5.41) is 11.8. The van der Waals surface area contributed by atoms with Crippen LogP contribution in [-0.2, 0) is 19.2 Å². The molecule has 2 heterocycles. The number of carbonyl (C=O) groups is 4. The van der Waals surface area contributed by atoms with Crippen molar-refractivity contribution < 1.29 is 24.3 Å². The van der Waals surface area contributed by atoms with E-state index in [1.54, 1.807) is 0 Å². The number of rotatable bonds is 5. The Bertz CT molecular complexity index is 538. The molecule has 2 saturated heterocycles. The fraction of sp³-hybridized carbons (Fsp3) is 0.733. The summed E-state index contributed by atoms with van der Waals surface area (Å²) >= 11 is 0. The van der Waals surface area contributed by atoms with Crippen molar-refractivity contribution >= 4 is 23.7 Å². The van der Waals surface area contributed by atoms with Crippen LogP contribution in [0.5, 0.6) is 0 Å². The van der Waals surface area contributed by atoms with Gasteiger partial charge in [0, 0.05) is 13.1 Å². The van der Waals surface area contributed by atoms with E-state index >= 15 is 0 Å². The van der Waals surface area contributed by atoms with E-state index < -0.39 is 35.9 Å². The molecule has 0 aromatic rings. The van der Waals surface area contributed by atoms with Crippen LogP contribution < -0.4 is 11.1 Å². The molecule has 2 fully saturated rings. The Balaban J connectivity index is 1.97. The number of amides is 3. The SMILES string of the molecule is CC(NC(=O)C1CCCN1C(=O)CN)C(=O)N1CCCC1C(=O)O. The predicted octanol–water partition coefficient (Wildman–Crippen LogP) is -1.48. The molecule has 0 aromatic carbocycles. The number of carbonyl (C=O) groups excluding carboxylic acids is 3. The van der Waals surface area contributed by atoms with Crippen LogP contribution in [-0.4, -0.2) is 76.4 Å². The van der Waals surface area contributed by atoms with E-state index in [9.17, 15) is 19.2 Å². The van der Waals surface area contributed by atoms with Crippen LogP contribution in [0.25, 0.3) is 0 Å². The summed E-state index contributed by atoms with van der Waals surface area (Å²) < 4.78 is 0. The smallest absolute Gasteiger partial charge is 0.326 e. The fourth-order valence-corrected chi connectivity index (χ4v) is 3.36. The summed E-state index contributed by atoms with van der Waals surface area (Å²) in [6.45, 7) is 2.22. The molecule has 3 amide bonds. The summed E-state index contributed by atoms with van der Waals surface area (Å²) in [6, 6.07) is -2.29. The van der Waals surface area contributed by atoms with Gasteiger partial charge in [0.1, 0.15) is 18.1 Å². The molecule has 2 aliphatic heterocycles. The van der Waals surface area contributed by atoms with Gasteiger partial charge in [-0.15, -0.1) is 0 Å². The molecular formula is C15H24N4O5. The largest absolute Gasteiger partial charge is 0.480 e. The second-order valence-electron chi connectivity index (χ2n) is 6.21. The van der Waals surface area contributed by atoms with Gasteiger partial charge in [-0.2, -0.15) is 0 Å². The number of hydrogen-bond acceptors (Lipinski definition) is 5. The third-order valence-electron chi connectivity index (χ3n) is 4.60. The summed E-state index contributed by atoms with van der Waals surface area (Å²) in [5.74, 6) is -2.14. The molecule has 0 saturated carbocycles. The van der Waals surface area contributed by atoms with Crippen molar-refractivity contribution in [3.8, 4) is 0 Å². The highest BCUT2D eigenvalue weighted by Gasteiger charge is 2.38. The van der Waals surface area contributed by atoms with Gasteiger partial charge in [-0.25, -0.2) is 4.79 Å². The quantitative estimate of drug-likeness (QED) is 0.559. The number of likely N-dealkylation sites (tertiary alicyclic amines) is 2. The third-order valence-corrected chi connectivity index (χ3v) is 4.60. The van der Waals surface area contributed by atoms with Crippen molar-refractivity contribution in [3.63, 3.8) is 0 Å². The fourth-order valence-electron chi connectivity index (χ4n) is 3.36. The minimum atomic E-state index is -1.03. The van der Waals surface area contributed by atoms with Crippen LogP contribution in [0.1, 0.15) is 32.6 Å². The van der Waals surface area contributed by atoms with E-state index in [0.717, 1.165) is 0 Å². The zero-order valence-corrected chi connectivity index (χ0v) is 13.7. The second kappa shape index (κ2) is 7.61. The lowest BCUT2D eigenvalue weighted by Crippen LogP contribution is -2.54. The Morgan fingerprint density at radius 1 is 1.12 bits per heavy atom. The van der Waals surface area contributed by atoms with Crippen molar-refractivity contribution in [2.45, 2.75) is 50.7 Å². The normalized spacial score (nSPS) is 24.8. The highest BCUT2D eigenvalue weighted by atomic mass is 16.4. The predicted molar refractivity (Wildman–Crippen MR) is 83.8 cm³/mol. The number of nitrogens with zero attached hydrogens (tertiary/aromatic N) is 2. The standard InChI is InChI=1S/C15H24N4O5/c1-9(14(22)19-7-3-5-11(19)15(23)24)17-13(21)10-4-2-6-18(10)12(20)8-16/h9-11H,2-8,16H2,1H3,(H,17,21)(H,23,24). The molecular weight excluding hydrogens is 316 g/mol. The summed E-state index contributed by atoms with van der Waals surface area (Å²) in [6.07, 6.45) is 2.28. The van der Waals surface area contributed by atoms with Crippen molar-refractivity contribution in [1.29, 1.82) is 0 Å². The number of carboxylic acid groups (broad SMARTS) is 1. The summed E-state index contributed by atoms with van der Waals surface area (Å²) in [7, 11) is 0. The van der Waals surface area contributed by atoms with E-state index in [1.807, 2.05) is 0 Å². The summed E-state index contributed by atoms with van der Waals surface area (Å²) in [4.78, 5) is 50.5. The molecule has 3 unspecified atom stereocenters. The van der Waals surface area contributed by atoms with Gasteiger partial charge in [-0.1, -0.05) is 0 Å². The van der Waals surface area contributed by atoms with Crippen LogP contribution in [0, 0.1) is 0 Å². The van der Waals surface area contributed by atoms with Crippen LogP contribution in [0.4, 0.5) is 0 Å². The monoisotopic (exact) mass is 340 g/mol. The first kappa shape index (κ1) is 18.2. The topological polar surface area (TPSA) is 133 Å². The zero-order valence-electron chi connectivity index (χ0n) is 13.7. The second-order valence-corrected chi connectivity index (χ2v) is 6.21. The zero-order chi connectivity index (χ0) is 17.9. The van der Waals surface area contributed by atoms with Crippen molar-refractivity contribution in [2.24, 2.45) is 5.73 Å². The van der Waals surface area contributed by atoms with Gasteiger partial charge in [-0.05, 0) is 32.6 Å². The first-order chi connectivity index (χ1) is 11.4. The minimum Gasteiger partial charge on any atom is -0.480 e. The molecule has 134 valence electrons. The molecule has 9 nitrogen and oxygen atoms in total. The molecule has 0 aromatic heterocycles. The van der Waals surface area contributed by atoms with Gasteiger partial charge in [-0.3, -0.25) is 14.4 Å². The van der Waals surface area contributed by atoms with Crippen molar-refractivity contribution in [2.75, 3.05) is 19.6 Å². The van der Waals surface area contributed by atoms with Gasteiger partial charge in [0.2, 0.25) is 17.7 Å². The van der Waals surface area contributed by atoms with E-state index in [4.69, 9.17) is 10.8 Å². The Labute approximate surface area is 140 Å². The minimum absolute atomic E-state index is 0.160. The van der Waals surface area contributed by atoms with E-state index in [2.05, 4.69) is 5.32 Å². The Morgan fingerprint density at radius 3 is 2.29 bits per heavy atom. The Hall–Kier alpha value is -2.16. The molecule has 2 aliphatic rings. The van der Waals surface area contributed by atoms with Crippen LogP contribution >= 0.6 is 0 Å². The Kier molecular flexibility index (Phi) is 5.76. The maximum Gasteiger partial charge on any atom is 0.326 e. The average Bonchev–Trinajstić information content (AvgIpc) is 3.21. The van der Waals surface area contributed by atoms with Crippen molar-refractivity contribution in [3.05, 3.63) is 0 Å². The van der Waals surface area contributed by atoms with E-state index in [-0.39, 0.29) is 12.5 Å². The lowest BCUT2D eigenvalue weighted by Gasteiger charge is -2.28. The maximum absolute atomic E-state index is 12.4. The molecule has 24 heavy (non-hydrogen) atoms.